The maximum atomic E-state index is 2.51. The zero-order valence-corrected chi connectivity index (χ0v) is 38.3. The van der Waals surface area contributed by atoms with E-state index in [9.17, 15) is 0 Å². The van der Waals surface area contributed by atoms with Gasteiger partial charge in [0.15, 0.2) is 0 Å². The van der Waals surface area contributed by atoms with E-state index in [2.05, 4.69) is 284 Å². The monoisotopic (exact) mass is 879 g/mol. The number of rotatable bonds is 8. The Kier molecular flexibility index (Phi) is 9.84. The first-order valence-corrected chi connectivity index (χ1v) is 24.3. The quantitative estimate of drug-likeness (QED) is 0.147. The summed E-state index contributed by atoms with van der Waals surface area (Å²) < 4.78 is 0. The maximum Gasteiger partial charge on any atom is 0.0720 e. The molecule has 1 heteroatoms. The topological polar surface area (TPSA) is 3.24 Å². The number of fused-ring (bicyclic) bond motifs is 9. The second kappa shape index (κ2) is 16.7. The molecule has 326 valence electrons. The number of para-hydroxylation sites is 1. The molecule has 0 bridgehead atoms. The Hall–Kier alpha value is -8.52. The van der Waals surface area contributed by atoms with E-state index in [1.807, 2.05) is 0 Å². The predicted molar refractivity (Wildman–Crippen MR) is 286 cm³/mol. The molecule has 1 atom stereocenters. The molecule has 10 aromatic carbocycles. The minimum Gasteiger partial charge on any atom is -0.311 e. The molecule has 1 unspecified atom stereocenters. The molecule has 0 aromatic heterocycles. The average molecular weight is 880 g/mol. The van der Waals surface area contributed by atoms with Gasteiger partial charge in [0.2, 0.25) is 0 Å². The number of anilines is 2. The van der Waals surface area contributed by atoms with Gasteiger partial charge in [0.05, 0.1) is 10.8 Å². The van der Waals surface area contributed by atoms with E-state index in [0.717, 1.165) is 17.8 Å². The van der Waals surface area contributed by atoms with Crippen LogP contribution in [0.1, 0.15) is 62.4 Å². The number of hydrogen-bond acceptors (Lipinski definition) is 1. The molecular formula is C68H49N. The molecular weight excluding hydrogens is 831 g/mol. The van der Waals surface area contributed by atoms with E-state index in [0.29, 0.717) is 0 Å². The summed E-state index contributed by atoms with van der Waals surface area (Å²) in [5, 5.41) is 0. The molecule has 13 rings (SSSR count). The lowest BCUT2D eigenvalue weighted by Gasteiger charge is -2.50. The van der Waals surface area contributed by atoms with Crippen molar-refractivity contribution in [2.24, 2.45) is 0 Å². The largest absolute Gasteiger partial charge is 0.311 e. The van der Waals surface area contributed by atoms with Gasteiger partial charge >= 0.3 is 0 Å². The molecule has 0 radical (unpaired) electrons. The molecule has 3 aliphatic carbocycles. The highest BCUT2D eigenvalue weighted by molar-refractivity contribution is 5.90. The molecule has 0 saturated carbocycles. The number of hydrogen-bond donors (Lipinski definition) is 0. The Labute approximate surface area is 405 Å². The molecule has 1 nitrogen and oxygen atoms in total. The van der Waals surface area contributed by atoms with Crippen LogP contribution in [0.2, 0.25) is 0 Å². The predicted octanol–water partition coefficient (Wildman–Crippen LogP) is 16.8. The average Bonchev–Trinajstić information content (AvgIpc) is 3.73. The van der Waals surface area contributed by atoms with Crippen molar-refractivity contribution in [3.63, 3.8) is 0 Å². The summed E-state index contributed by atoms with van der Waals surface area (Å²) in [6.45, 7) is 0. The first kappa shape index (κ1) is 40.7. The molecule has 3 aliphatic rings. The van der Waals surface area contributed by atoms with Gasteiger partial charge in [0, 0.05) is 23.0 Å². The molecule has 0 saturated heterocycles. The molecule has 0 N–H and O–H groups in total. The molecule has 0 heterocycles. The third kappa shape index (κ3) is 6.38. The van der Waals surface area contributed by atoms with E-state index >= 15 is 0 Å². The fourth-order valence-electron chi connectivity index (χ4n) is 12.2. The minimum absolute atomic E-state index is 0.233. The van der Waals surface area contributed by atoms with Crippen LogP contribution < -0.4 is 4.90 Å². The van der Waals surface area contributed by atoms with Gasteiger partial charge in [0.1, 0.15) is 0 Å². The number of allylic oxidation sites excluding steroid dienone is 3. The van der Waals surface area contributed by atoms with Gasteiger partial charge in [-0.1, -0.05) is 249 Å². The number of benzene rings is 10. The molecule has 10 aromatic rings. The summed E-state index contributed by atoms with van der Waals surface area (Å²) in [6.07, 6.45) is 8.08. The normalized spacial score (nSPS) is 15.6. The van der Waals surface area contributed by atoms with Crippen LogP contribution in [0.5, 0.6) is 0 Å². The van der Waals surface area contributed by atoms with E-state index in [1.54, 1.807) is 0 Å². The SMILES string of the molecule is C1=CC(c2ccc3c(c2)-c2ccccc2C32c3ccccc3C(c3ccccc3)(c3ccccc3)c3ccccc32)CC=C1N(c1ccccc1)c1ccc(-c2ccc(-c3ccccc3)cc2)cc1. The van der Waals surface area contributed by atoms with Gasteiger partial charge < -0.3 is 4.90 Å². The van der Waals surface area contributed by atoms with Crippen molar-refractivity contribution in [2.75, 3.05) is 4.90 Å². The third-order valence-electron chi connectivity index (χ3n) is 15.2. The van der Waals surface area contributed by atoms with Crippen molar-refractivity contribution in [2.45, 2.75) is 23.2 Å². The Bertz CT molecular complexity index is 3460. The second-order valence-electron chi connectivity index (χ2n) is 18.7. The van der Waals surface area contributed by atoms with Gasteiger partial charge in [-0.05, 0) is 120 Å². The van der Waals surface area contributed by atoms with Crippen LogP contribution in [0.15, 0.2) is 285 Å². The zero-order valence-electron chi connectivity index (χ0n) is 38.3. The lowest BCUT2D eigenvalue weighted by atomic mass is 9.51. The Morgan fingerprint density at radius 1 is 0.333 bits per heavy atom. The fraction of sp³-hybridized carbons (Fsp3) is 0.0588. The first-order chi connectivity index (χ1) is 34.2. The zero-order chi connectivity index (χ0) is 45.8. The summed E-state index contributed by atoms with van der Waals surface area (Å²) in [5.74, 6) is 0.233. The highest BCUT2D eigenvalue weighted by Crippen LogP contribution is 2.64. The molecule has 0 amide bonds. The highest BCUT2D eigenvalue weighted by atomic mass is 15.1. The van der Waals surface area contributed by atoms with Crippen molar-refractivity contribution in [3.05, 3.63) is 335 Å². The Morgan fingerprint density at radius 3 is 1.29 bits per heavy atom. The molecule has 69 heavy (non-hydrogen) atoms. The maximum absolute atomic E-state index is 2.51. The van der Waals surface area contributed by atoms with Crippen LogP contribution in [0, 0.1) is 0 Å². The molecule has 1 spiro atoms. The van der Waals surface area contributed by atoms with Crippen molar-refractivity contribution < 1.29 is 0 Å². The van der Waals surface area contributed by atoms with E-state index in [4.69, 9.17) is 0 Å². The Morgan fingerprint density at radius 2 is 0.754 bits per heavy atom. The summed E-state index contributed by atoms with van der Waals surface area (Å²) in [6, 6.07) is 96.8. The van der Waals surface area contributed by atoms with Crippen LogP contribution in [-0.2, 0) is 10.8 Å². The third-order valence-corrected chi connectivity index (χ3v) is 15.2. The highest BCUT2D eigenvalue weighted by Gasteiger charge is 2.56. The van der Waals surface area contributed by atoms with Gasteiger partial charge in [0.25, 0.3) is 0 Å². The summed E-state index contributed by atoms with van der Waals surface area (Å²) >= 11 is 0. The van der Waals surface area contributed by atoms with Gasteiger partial charge in [-0.2, -0.15) is 0 Å². The first-order valence-electron chi connectivity index (χ1n) is 24.3. The minimum atomic E-state index is -0.514. The van der Waals surface area contributed by atoms with E-state index in [1.165, 1.54) is 89.1 Å². The van der Waals surface area contributed by atoms with E-state index < -0.39 is 10.8 Å². The summed E-state index contributed by atoms with van der Waals surface area (Å²) in [7, 11) is 0. The Balaban J connectivity index is 0.873. The van der Waals surface area contributed by atoms with E-state index in [-0.39, 0.29) is 5.92 Å². The molecule has 0 aliphatic heterocycles. The van der Waals surface area contributed by atoms with Crippen LogP contribution >= 0.6 is 0 Å². The second-order valence-corrected chi connectivity index (χ2v) is 18.7. The van der Waals surface area contributed by atoms with Crippen LogP contribution in [0.3, 0.4) is 0 Å². The standard InChI is InChI=1S/C68H49N/c1-5-19-48(20-6-1)49-33-35-50(36-34-49)51-37-42-57(43-38-51)69(56-25-11-4-12-26-56)58-44-39-52(40-45-58)53-41-46-62-60(47-53)59-27-13-14-28-61(59)68(62)65-31-17-15-29-63(65)67(54-21-7-2-8-22-54,55-23-9-3-10-24-55)64-30-16-18-32-66(64)68/h1-39,41-47,52H,40H2. The number of nitrogens with zero attached hydrogens (tertiary/aromatic N) is 1. The van der Waals surface area contributed by atoms with Gasteiger partial charge in [-0.3, -0.25) is 0 Å². The smallest absolute Gasteiger partial charge is 0.0720 e. The lowest BCUT2D eigenvalue weighted by molar-refractivity contribution is 0.623. The summed E-state index contributed by atoms with van der Waals surface area (Å²) in [4.78, 5) is 2.39. The van der Waals surface area contributed by atoms with Crippen LogP contribution in [0.4, 0.5) is 11.4 Å². The van der Waals surface area contributed by atoms with Crippen molar-refractivity contribution >= 4 is 11.4 Å². The van der Waals surface area contributed by atoms with Crippen molar-refractivity contribution in [1.82, 2.24) is 0 Å². The van der Waals surface area contributed by atoms with Crippen molar-refractivity contribution in [3.8, 4) is 33.4 Å². The van der Waals surface area contributed by atoms with Crippen LogP contribution in [-0.4, -0.2) is 0 Å². The lowest BCUT2D eigenvalue weighted by Crippen LogP contribution is -2.44. The van der Waals surface area contributed by atoms with Gasteiger partial charge in [-0.15, -0.1) is 0 Å². The summed E-state index contributed by atoms with van der Waals surface area (Å²) in [5.41, 5.74) is 21.9. The van der Waals surface area contributed by atoms with Crippen LogP contribution in [0.25, 0.3) is 33.4 Å². The van der Waals surface area contributed by atoms with Crippen molar-refractivity contribution in [1.29, 1.82) is 0 Å². The molecule has 0 fully saturated rings. The fourth-order valence-corrected chi connectivity index (χ4v) is 12.2. The van der Waals surface area contributed by atoms with Gasteiger partial charge in [-0.25, -0.2) is 0 Å².